The fraction of sp³-hybridized carbons (Fsp3) is 0.208. The van der Waals surface area contributed by atoms with Crippen LogP contribution in [0.2, 0.25) is 0 Å². The Morgan fingerprint density at radius 3 is 2.28 bits per heavy atom. The minimum atomic E-state index is -5.08. The number of amides is 1. The van der Waals surface area contributed by atoms with E-state index in [-0.39, 0.29) is 17.6 Å². The average Bonchev–Trinajstić information content (AvgIpc) is 3.51. The van der Waals surface area contributed by atoms with Crippen molar-refractivity contribution in [1.29, 1.82) is 0 Å². The van der Waals surface area contributed by atoms with Crippen LogP contribution in [-0.2, 0) is 4.79 Å². The van der Waals surface area contributed by atoms with Crippen molar-refractivity contribution in [3.8, 4) is 11.1 Å². The number of likely N-dealkylation sites (tertiary alicyclic amines) is 1. The molecule has 1 saturated heterocycles. The normalized spacial score (nSPS) is 15.4. The Balaban J connectivity index is 0.000000384. The van der Waals surface area contributed by atoms with Gasteiger partial charge in [0.1, 0.15) is 5.82 Å². The van der Waals surface area contributed by atoms with Gasteiger partial charge in [-0.05, 0) is 60.5 Å². The van der Waals surface area contributed by atoms with Gasteiger partial charge in [-0.2, -0.15) is 18.3 Å². The number of hydrogen-bond donors (Lipinski definition) is 1. The summed E-state index contributed by atoms with van der Waals surface area (Å²) in [6.45, 7) is 1.20. The van der Waals surface area contributed by atoms with E-state index in [1.807, 2.05) is 30.5 Å². The Morgan fingerprint density at radius 1 is 0.972 bits per heavy atom. The maximum atomic E-state index is 13.1. The lowest BCUT2D eigenvalue weighted by molar-refractivity contribution is -0.192. The van der Waals surface area contributed by atoms with Gasteiger partial charge in [0.15, 0.2) is 11.5 Å². The molecule has 1 aliphatic heterocycles. The van der Waals surface area contributed by atoms with Gasteiger partial charge >= 0.3 is 12.1 Å². The van der Waals surface area contributed by atoms with Crippen LogP contribution in [0, 0.1) is 5.82 Å². The van der Waals surface area contributed by atoms with Gasteiger partial charge in [0.05, 0.1) is 0 Å². The molecular weight excluding hydrogens is 482 g/mol. The van der Waals surface area contributed by atoms with Crippen LogP contribution in [0.15, 0.2) is 67.1 Å². The first-order chi connectivity index (χ1) is 17.1. The van der Waals surface area contributed by atoms with Crippen LogP contribution in [0.1, 0.15) is 28.5 Å². The van der Waals surface area contributed by atoms with Crippen molar-refractivity contribution in [3.05, 3.63) is 84.3 Å². The zero-order valence-corrected chi connectivity index (χ0v) is 18.6. The highest BCUT2D eigenvalue weighted by molar-refractivity contribution is 5.94. The van der Waals surface area contributed by atoms with Crippen LogP contribution in [0.5, 0.6) is 0 Å². The molecule has 1 N–H and O–H groups in total. The van der Waals surface area contributed by atoms with Crippen LogP contribution >= 0.6 is 0 Å². The number of halogens is 4. The van der Waals surface area contributed by atoms with Crippen LogP contribution in [0.25, 0.3) is 16.8 Å². The Morgan fingerprint density at radius 2 is 1.64 bits per heavy atom. The molecule has 4 aromatic rings. The Labute approximate surface area is 201 Å². The van der Waals surface area contributed by atoms with Crippen molar-refractivity contribution < 1.29 is 32.3 Å². The van der Waals surface area contributed by atoms with Crippen molar-refractivity contribution in [2.24, 2.45) is 0 Å². The lowest BCUT2D eigenvalue weighted by atomic mass is 10.1. The third-order valence-electron chi connectivity index (χ3n) is 5.54. The quantitative estimate of drug-likeness (QED) is 0.423. The molecule has 1 aromatic carbocycles. The summed E-state index contributed by atoms with van der Waals surface area (Å²) < 4.78 is 46.6. The third kappa shape index (κ3) is 5.65. The number of alkyl halides is 3. The highest BCUT2D eigenvalue weighted by Crippen LogP contribution is 2.27. The molecule has 3 aromatic heterocycles. The van der Waals surface area contributed by atoms with Crippen LogP contribution in [0.4, 0.5) is 17.6 Å². The van der Waals surface area contributed by atoms with Crippen molar-refractivity contribution in [1.82, 2.24) is 24.5 Å². The summed E-state index contributed by atoms with van der Waals surface area (Å²) in [7, 11) is 0. The molecule has 36 heavy (non-hydrogen) atoms. The summed E-state index contributed by atoms with van der Waals surface area (Å²) in [5.74, 6) is -2.36. The molecule has 186 valence electrons. The van der Waals surface area contributed by atoms with Gasteiger partial charge in [-0.1, -0.05) is 0 Å². The lowest BCUT2D eigenvalue weighted by Gasteiger charge is -2.15. The largest absolute Gasteiger partial charge is 0.490 e. The molecule has 12 heteroatoms. The van der Waals surface area contributed by atoms with E-state index >= 15 is 0 Å². The van der Waals surface area contributed by atoms with Gasteiger partial charge < -0.3 is 10.0 Å². The summed E-state index contributed by atoms with van der Waals surface area (Å²) in [6.07, 6.45) is 1.20. The topological polar surface area (TPSA) is 101 Å². The van der Waals surface area contributed by atoms with Crippen molar-refractivity contribution >= 4 is 17.5 Å². The molecule has 1 atom stereocenters. The van der Waals surface area contributed by atoms with E-state index in [1.54, 1.807) is 21.8 Å². The average molecular weight is 501 g/mol. The first-order valence-corrected chi connectivity index (χ1v) is 10.7. The zero-order valence-electron chi connectivity index (χ0n) is 18.6. The number of nitrogens with zero attached hydrogens (tertiary/aromatic N) is 5. The number of benzene rings is 1. The number of carbonyl (C=O) groups is 2. The predicted octanol–water partition coefficient (Wildman–Crippen LogP) is 4.19. The fourth-order valence-corrected chi connectivity index (χ4v) is 3.72. The number of hydrogen-bond acceptors (Lipinski definition) is 5. The van der Waals surface area contributed by atoms with Gasteiger partial charge in [-0.15, -0.1) is 0 Å². The molecule has 1 amide bonds. The number of aromatic nitrogens is 4. The summed E-state index contributed by atoms with van der Waals surface area (Å²) in [4.78, 5) is 32.1. The van der Waals surface area contributed by atoms with Gasteiger partial charge in [-0.3, -0.25) is 9.78 Å². The number of fused-ring (bicyclic) bond motifs is 1. The standard InChI is InChI=1S/C22H18FN5O.C2HF3O2/c23-19-4-1-16(2-5-19)22(29)27-12-9-18(13-27)21-25-20-6-3-17(14-28(20)26-21)15-7-10-24-11-8-15;3-2(4,5)1(6)7/h1-8,10-11,14,18H,9,12-13H2;(H,6,7). The summed E-state index contributed by atoms with van der Waals surface area (Å²) in [5.41, 5.74) is 3.38. The molecule has 0 saturated carbocycles. The van der Waals surface area contributed by atoms with Crippen molar-refractivity contribution in [2.45, 2.75) is 18.5 Å². The second-order valence-corrected chi connectivity index (χ2v) is 7.97. The molecule has 5 rings (SSSR count). The number of pyridine rings is 2. The highest BCUT2D eigenvalue weighted by Gasteiger charge is 2.38. The molecule has 0 bridgehead atoms. The van der Waals surface area contributed by atoms with E-state index in [0.29, 0.717) is 18.7 Å². The van der Waals surface area contributed by atoms with Gasteiger partial charge in [0.25, 0.3) is 5.91 Å². The number of rotatable bonds is 3. The van der Waals surface area contributed by atoms with E-state index in [4.69, 9.17) is 9.90 Å². The fourth-order valence-electron chi connectivity index (χ4n) is 3.72. The number of carbonyl (C=O) groups excluding carboxylic acids is 1. The second-order valence-electron chi connectivity index (χ2n) is 7.97. The zero-order chi connectivity index (χ0) is 25.9. The number of aliphatic carboxylic acids is 1. The van der Waals surface area contributed by atoms with Crippen molar-refractivity contribution in [2.75, 3.05) is 13.1 Å². The monoisotopic (exact) mass is 501 g/mol. The minimum Gasteiger partial charge on any atom is -0.475 e. The van der Waals surface area contributed by atoms with E-state index < -0.39 is 12.1 Å². The number of carboxylic acid groups (broad SMARTS) is 1. The molecule has 8 nitrogen and oxygen atoms in total. The van der Waals surface area contributed by atoms with Crippen molar-refractivity contribution in [3.63, 3.8) is 0 Å². The molecule has 0 radical (unpaired) electrons. The molecule has 1 fully saturated rings. The van der Waals surface area contributed by atoms with Crippen LogP contribution in [0.3, 0.4) is 0 Å². The minimum absolute atomic E-state index is 0.0867. The maximum Gasteiger partial charge on any atom is 0.490 e. The molecule has 0 aliphatic carbocycles. The van der Waals surface area contributed by atoms with Gasteiger partial charge in [0, 0.05) is 48.7 Å². The predicted molar refractivity (Wildman–Crippen MR) is 120 cm³/mol. The molecular formula is C24H19F4N5O3. The van der Waals surface area contributed by atoms with E-state index in [1.165, 1.54) is 24.3 Å². The third-order valence-corrected chi connectivity index (χ3v) is 5.54. The first kappa shape index (κ1) is 24.8. The summed E-state index contributed by atoms with van der Waals surface area (Å²) in [6, 6.07) is 13.5. The number of carboxylic acids is 1. The van der Waals surface area contributed by atoms with Crippen LogP contribution in [-0.4, -0.2) is 60.7 Å². The van der Waals surface area contributed by atoms with E-state index in [0.717, 1.165) is 29.0 Å². The summed E-state index contributed by atoms with van der Waals surface area (Å²) in [5, 5.41) is 11.8. The van der Waals surface area contributed by atoms with Gasteiger partial charge in [-0.25, -0.2) is 18.7 Å². The molecule has 1 aliphatic rings. The Bertz CT molecular complexity index is 1370. The smallest absolute Gasteiger partial charge is 0.475 e. The summed E-state index contributed by atoms with van der Waals surface area (Å²) >= 11 is 0. The highest BCUT2D eigenvalue weighted by atomic mass is 19.4. The Hall–Kier alpha value is -4.35. The molecule has 0 spiro atoms. The second kappa shape index (κ2) is 10.1. The molecule has 1 unspecified atom stereocenters. The first-order valence-electron chi connectivity index (χ1n) is 10.7. The van der Waals surface area contributed by atoms with Crippen LogP contribution < -0.4 is 0 Å². The van der Waals surface area contributed by atoms with Gasteiger partial charge in [0.2, 0.25) is 0 Å². The van der Waals surface area contributed by atoms with E-state index in [9.17, 15) is 22.4 Å². The maximum absolute atomic E-state index is 13.1. The van der Waals surface area contributed by atoms with E-state index in [2.05, 4.69) is 15.1 Å². The SMILES string of the molecule is O=C(O)C(F)(F)F.O=C(c1ccc(F)cc1)N1CCC(c2nc3ccc(-c4ccncc4)cn3n2)C1. The lowest BCUT2D eigenvalue weighted by Crippen LogP contribution is -2.28. The molecule has 4 heterocycles. The Kier molecular flexibility index (Phi) is 6.95.